The van der Waals surface area contributed by atoms with Crippen LogP contribution in [-0.2, 0) is 13.2 Å². The third-order valence-electron chi connectivity index (χ3n) is 8.23. The number of methoxy groups -OCH3 is 2. The molecule has 2 N–H and O–H groups in total. The van der Waals surface area contributed by atoms with Crippen LogP contribution < -0.4 is 29.6 Å². The summed E-state index contributed by atoms with van der Waals surface area (Å²) in [4.78, 5) is 41.0. The number of hydrogen-bond donors (Lipinski definition) is 2. The number of ether oxygens (including phenoxy) is 4. The first-order valence-electron chi connectivity index (χ1n) is 16.4. The van der Waals surface area contributed by atoms with Crippen molar-refractivity contribution in [3.8, 4) is 23.0 Å². The second-order valence-electron chi connectivity index (χ2n) is 11.6. The smallest absolute Gasteiger partial charge is 0.259 e. The Morgan fingerprint density at radius 2 is 1.04 bits per heavy atom. The summed E-state index contributed by atoms with van der Waals surface area (Å²) in [5, 5.41) is 6.73. The molecule has 0 bridgehead atoms. The van der Waals surface area contributed by atoms with Gasteiger partial charge in [0.2, 0.25) is 0 Å². The van der Waals surface area contributed by atoms with Crippen LogP contribution >= 0.6 is 0 Å². The molecule has 0 unspecified atom stereocenters. The molecule has 0 fully saturated rings. The number of hydrogen-bond acceptors (Lipinski definition) is 9. The molecule has 2 aromatic heterocycles. The topological polar surface area (TPSA) is 134 Å². The van der Waals surface area contributed by atoms with Crippen LogP contribution in [0, 0.1) is 0 Å². The fraction of sp³-hybridized carbons (Fsp3) is 0.0976. The highest BCUT2D eigenvalue weighted by Crippen LogP contribution is 2.27. The van der Waals surface area contributed by atoms with E-state index in [1.165, 1.54) is 0 Å². The quantitative estimate of drug-likeness (QED) is 0.123. The number of rotatable bonds is 12. The van der Waals surface area contributed by atoms with E-state index < -0.39 is 0 Å². The van der Waals surface area contributed by atoms with E-state index in [0.29, 0.717) is 67.9 Å². The molecule has 0 aliphatic rings. The number of anilines is 2. The highest BCUT2D eigenvalue weighted by molar-refractivity contribution is 6.07. The molecule has 0 radical (unpaired) electrons. The van der Waals surface area contributed by atoms with Gasteiger partial charge >= 0.3 is 0 Å². The van der Waals surface area contributed by atoms with E-state index in [0.717, 1.165) is 10.9 Å². The molecular formula is C41H33N5O6. The van der Waals surface area contributed by atoms with Gasteiger partial charge in [0, 0.05) is 23.0 Å². The average Bonchev–Trinajstić information content (AvgIpc) is 3.19. The van der Waals surface area contributed by atoms with Gasteiger partial charge in [0.15, 0.2) is 0 Å². The summed E-state index contributed by atoms with van der Waals surface area (Å²) in [6.07, 6.45) is 1.73. The number of amides is 2. The van der Waals surface area contributed by atoms with Crippen molar-refractivity contribution in [3.05, 3.63) is 150 Å². The molecule has 11 nitrogen and oxygen atoms in total. The van der Waals surface area contributed by atoms with E-state index in [1.54, 1.807) is 117 Å². The van der Waals surface area contributed by atoms with E-state index in [4.69, 9.17) is 28.9 Å². The number of carbonyl (C=O) groups excluding carboxylic acids is 2. The Balaban J connectivity index is 1.15. The molecule has 5 aromatic carbocycles. The Bertz CT molecular complexity index is 2220. The number of nitrogens with one attached hydrogen (secondary N) is 2. The minimum atomic E-state index is -0.337. The van der Waals surface area contributed by atoms with E-state index in [1.807, 2.05) is 24.3 Å². The molecule has 11 heteroatoms. The van der Waals surface area contributed by atoms with E-state index >= 15 is 0 Å². The standard InChI is InChI=1S/C41H33N5O6/c1-49-29-17-13-27(14-18-29)43-40(47)31-9-3-5-11-38(31)51-24-36-37(46-35-23-33-26(8-7-21-42-33)22-34(35)45-36)25-52-39-12-6-4-10-32(39)41(48)44-28-15-19-30(50-2)20-16-28/h3-23H,24-25H2,1-2H3,(H,43,47)(H,44,48). The van der Waals surface area contributed by atoms with Crippen LogP contribution in [0.1, 0.15) is 32.1 Å². The monoisotopic (exact) mass is 691 g/mol. The van der Waals surface area contributed by atoms with Crippen LogP contribution in [0.25, 0.3) is 21.9 Å². The second-order valence-corrected chi connectivity index (χ2v) is 11.6. The summed E-state index contributed by atoms with van der Waals surface area (Å²) in [5.41, 5.74) is 4.95. The van der Waals surface area contributed by atoms with Crippen molar-refractivity contribution in [1.82, 2.24) is 15.0 Å². The van der Waals surface area contributed by atoms with Gasteiger partial charge in [-0.2, -0.15) is 0 Å². The Morgan fingerprint density at radius 1 is 0.558 bits per heavy atom. The Labute approximate surface area is 299 Å². The first-order chi connectivity index (χ1) is 25.5. The first-order valence-corrected chi connectivity index (χ1v) is 16.4. The van der Waals surface area contributed by atoms with Crippen LogP contribution in [0.2, 0.25) is 0 Å². The van der Waals surface area contributed by atoms with Gasteiger partial charge in [0.05, 0.1) is 41.9 Å². The summed E-state index contributed by atoms with van der Waals surface area (Å²) in [5.74, 6) is 1.42. The van der Waals surface area contributed by atoms with E-state index in [-0.39, 0.29) is 25.0 Å². The van der Waals surface area contributed by atoms with Crippen LogP contribution in [0.3, 0.4) is 0 Å². The highest BCUT2D eigenvalue weighted by Gasteiger charge is 2.18. The molecule has 0 aliphatic carbocycles. The summed E-state index contributed by atoms with van der Waals surface area (Å²) >= 11 is 0. The van der Waals surface area contributed by atoms with Crippen LogP contribution in [0.15, 0.2) is 128 Å². The normalized spacial score (nSPS) is 10.8. The molecule has 52 heavy (non-hydrogen) atoms. The number of aromatic nitrogens is 3. The fourth-order valence-corrected chi connectivity index (χ4v) is 5.53. The van der Waals surface area contributed by atoms with Gasteiger partial charge in [-0.05, 0) is 91.0 Å². The first kappa shape index (κ1) is 33.5. The summed E-state index contributed by atoms with van der Waals surface area (Å²) in [6.45, 7) is -0.0343. The molecule has 7 aromatic rings. The van der Waals surface area contributed by atoms with Crippen LogP contribution in [0.5, 0.6) is 23.0 Å². The maximum atomic E-state index is 13.3. The fourth-order valence-electron chi connectivity index (χ4n) is 5.53. The molecule has 0 atom stereocenters. The zero-order valence-electron chi connectivity index (χ0n) is 28.3. The molecule has 0 saturated carbocycles. The lowest BCUT2D eigenvalue weighted by Crippen LogP contribution is -2.15. The molecule has 2 amide bonds. The van der Waals surface area contributed by atoms with Crippen LogP contribution in [0.4, 0.5) is 11.4 Å². The average molecular weight is 692 g/mol. The number of para-hydroxylation sites is 2. The van der Waals surface area contributed by atoms with Crippen molar-refractivity contribution in [2.75, 3.05) is 24.9 Å². The van der Waals surface area contributed by atoms with Crippen molar-refractivity contribution in [2.24, 2.45) is 0 Å². The van der Waals surface area contributed by atoms with Crippen molar-refractivity contribution in [1.29, 1.82) is 0 Å². The minimum Gasteiger partial charge on any atom is -0.497 e. The summed E-state index contributed by atoms with van der Waals surface area (Å²) in [7, 11) is 3.17. The number of benzene rings is 5. The lowest BCUT2D eigenvalue weighted by molar-refractivity contribution is 0.101. The van der Waals surface area contributed by atoms with Crippen molar-refractivity contribution in [2.45, 2.75) is 13.2 Å². The molecule has 0 saturated heterocycles. The zero-order chi connectivity index (χ0) is 35.9. The Kier molecular flexibility index (Phi) is 9.83. The lowest BCUT2D eigenvalue weighted by Gasteiger charge is -2.16. The van der Waals surface area contributed by atoms with E-state index in [2.05, 4.69) is 15.6 Å². The lowest BCUT2D eigenvalue weighted by atomic mass is 10.1. The maximum absolute atomic E-state index is 13.3. The SMILES string of the molecule is COc1ccc(NC(=O)c2ccccc2OCc2nc3cc4cccnc4cc3nc2COc2ccccc2C(=O)Nc2ccc(OC)cc2)cc1. The number of carbonyl (C=O) groups is 2. The molecular weight excluding hydrogens is 658 g/mol. The number of nitrogens with zero attached hydrogens (tertiary/aromatic N) is 3. The van der Waals surface area contributed by atoms with Gasteiger partial charge in [-0.15, -0.1) is 0 Å². The second kappa shape index (κ2) is 15.3. The Morgan fingerprint density at radius 3 is 1.54 bits per heavy atom. The molecule has 2 heterocycles. The van der Waals surface area contributed by atoms with Gasteiger partial charge in [-0.25, -0.2) is 9.97 Å². The molecule has 0 spiro atoms. The van der Waals surface area contributed by atoms with Gasteiger partial charge in [0.25, 0.3) is 11.8 Å². The summed E-state index contributed by atoms with van der Waals surface area (Å²) < 4.78 is 23.0. The highest BCUT2D eigenvalue weighted by atomic mass is 16.5. The Hall–Kier alpha value is -7.01. The largest absolute Gasteiger partial charge is 0.497 e. The maximum Gasteiger partial charge on any atom is 0.259 e. The summed E-state index contributed by atoms with van der Waals surface area (Å²) in [6, 6.07) is 35.7. The van der Waals surface area contributed by atoms with Gasteiger partial charge in [-0.3, -0.25) is 14.6 Å². The van der Waals surface area contributed by atoms with Gasteiger partial charge < -0.3 is 29.6 Å². The van der Waals surface area contributed by atoms with Crippen LogP contribution in [-0.4, -0.2) is 41.0 Å². The number of pyridine rings is 1. The van der Waals surface area contributed by atoms with E-state index in [9.17, 15) is 9.59 Å². The third kappa shape index (κ3) is 7.58. The minimum absolute atomic E-state index is 0.0147. The van der Waals surface area contributed by atoms with Crippen molar-refractivity contribution >= 4 is 45.1 Å². The zero-order valence-corrected chi connectivity index (χ0v) is 28.3. The predicted octanol–water partition coefficient (Wildman–Crippen LogP) is 7.86. The molecule has 258 valence electrons. The van der Waals surface area contributed by atoms with Gasteiger partial charge in [-0.1, -0.05) is 30.3 Å². The molecule has 7 rings (SSSR count). The predicted molar refractivity (Wildman–Crippen MR) is 198 cm³/mol. The number of fused-ring (bicyclic) bond motifs is 2. The molecule has 0 aliphatic heterocycles. The van der Waals surface area contributed by atoms with Crippen molar-refractivity contribution in [3.63, 3.8) is 0 Å². The third-order valence-corrected chi connectivity index (χ3v) is 8.23. The van der Waals surface area contributed by atoms with Gasteiger partial charge in [0.1, 0.15) is 47.6 Å². The van der Waals surface area contributed by atoms with Crippen molar-refractivity contribution < 1.29 is 28.5 Å².